The SMILES string of the molecule is COC(=O)C[C@H](c1cccc(OCc2ccc(-c3cc(OC)ccc3F)c(CN3[C@H](C)CCC[C@H]3C)c2)c1)C1CC1. The zero-order chi connectivity index (χ0) is 28.9. The van der Waals surface area contributed by atoms with Crippen molar-refractivity contribution in [3.8, 4) is 22.6 Å². The van der Waals surface area contributed by atoms with Crippen molar-refractivity contribution in [1.29, 1.82) is 0 Å². The number of halogens is 1. The molecule has 5 nitrogen and oxygen atoms in total. The van der Waals surface area contributed by atoms with Crippen LogP contribution >= 0.6 is 0 Å². The molecule has 1 saturated carbocycles. The van der Waals surface area contributed by atoms with Gasteiger partial charge in [0, 0.05) is 24.2 Å². The van der Waals surface area contributed by atoms with Crippen LogP contribution in [0.1, 0.15) is 75.0 Å². The van der Waals surface area contributed by atoms with Crippen molar-refractivity contribution in [2.24, 2.45) is 5.92 Å². The van der Waals surface area contributed by atoms with Crippen LogP contribution in [0.15, 0.2) is 60.7 Å². The fourth-order valence-corrected chi connectivity index (χ4v) is 6.27. The molecule has 41 heavy (non-hydrogen) atoms. The zero-order valence-corrected chi connectivity index (χ0v) is 24.7. The molecule has 5 rings (SSSR count). The van der Waals surface area contributed by atoms with Crippen LogP contribution < -0.4 is 9.47 Å². The number of carbonyl (C=O) groups is 1. The number of rotatable bonds is 11. The Balaban J connectivity index is 1.40. The van der Waals surface area contributed by atoms with Gasteiger partial charge in [-0.05, 0) is 104 Å². The van der Waals surface area contributed by atoms with Crippen molar-refractivity contribution in [3.63, 3.8) is 0 Å². The minimum atomic E-state index is -0.259. The number of carbonyl (C=O) groups excluding carboxylic acids is 1. The van der Waals surface area contributed by atoms with E-state index in [1.807, 2.05) is 24.3 Å². The van der Waals surface area contributed by atoms with E-state index < -0.39 is 0 Å². The van der Waals surface area contributed by atoms with E-state index in [-0.39, 0.29) is 17.7 Å². The molecule has 0 N–H and O–H groups in total. The van der Waals surface area contributed by atoms with Crippen molar-refractivity contribution in [1.82, 2.24) is 4.90 Å². The third-order valence-corrected chi connectivity index (χ3v) is 8.86. The molecular weight excluding hydrogens is 517 g/mol. The van der Waals surface area contributed by atoms with Crippen LogP contribution in [0.25, 0.3) is 11.1 Å². The van der Waals surface area contributed by atoms with Crippen LogP contribution in [0, 0.1) is 11.7 Å². The highest BCUT2D eigenvalue weighted by Gasteiger charge is 2.34. The molecule has 0 radical (unpaired) electrons. The smallest absolute Gasteiger partial charge is 0.306 e. The first-order valence-electron chi connectivity index (χ1n) is 14.9. The van der Waals surface area contributed by atoms with E-state index >= 15 is 4.39 Å². The van der Waals surface area contributed by atoms with Gasteiger partial charge in [0.05, 0.1) is 20.6 Å². The molecular formula is C35H42FNO4. The van der Waals surface area contributed by atoms with Gasteiger partial charge in [-0.3, -0.25) is 9.69 Å². The molecule has 0 bridgehead atoms. The Labute approximate surface area is 243 Å². The average molecular weight is 560 g/mol. The molecule has 1 heterocycles. The van der Waals surface area contributed by atoms with Crippen LogP contribution in [-0.2, 0) is 22.7 Å². The minimum Gasteiger partial charge on any atom is -0.497 e. The van der Waals surface area contributed by atoms with Crippen molar-refractivity contribution >= 4 is 5.97 Å². The summed E-state index contributed by atoms with van der Waals surface area (Å²) < 4.78 is 31.8. The summed E-state index contributed by atoms with van der Waals surface area (Å²) in [6, 6.07) is 20.1. The summed E-state index contributed by atoms with van der Waals surface area (Å²) in [5.74, 6) is 1.66. The maximum atomic E-state index is 15.1. The fourth-order valence-electron chi connectivity index (χ4n) is 6.27. The van der Waals surface area contributed by atoms with Gasteiger partial charge in [-0.15, -0.1) is 0 Å². The molecule has 2 fully saturated rings. The van der Waals surface area contributed by atoms with Gasteiger partial charge < -0.3 is 14.2 Å². The third-order valence-electron chi connectivity index (χ3n) is 8.86. The number of benzene rings is 3. The quantitative estimate of drug-likeness (QED) is 0.224. The van der Waals surface area contributed by atoms with Gasteiger partial charge in [-0.1, -0.05) is 36.8 Å². The molecule has 1 aliphatic heterocycles. The summed E-state index contributed by atoms with van der Waals surface area (Å²) in [7, 11) is 3.05. The molecule has 0 aromatic heterocycles. The second kappa shape index (κ2) is 13.1. The predicted molar refractivity (Wildman–Crippen MR) is 160 cm³/mol. The van der Waals surface area contributed by atoms with Gasteiger partial charge in [0.25, 0.3) is 0 Å². The average Bonchev–Trinajstić information content (AvgIpc) is 3.83. The molecule has 218 valence electrons. The maximum absolute atomic E-state index is 15.1. The van der Waals surface area contributed by atoms with Gasteiger partial charge in [-0.2, -0.15) is 0 Å². The van der Waals surface area contributed by atoms with Gasteiger partial charge >= 0.3 is 5.97 Å². The van der Waals surface area contributed by atoms with E-state index in [1.54, 1.807) is 19.2 Å². The first-order valence-corrected chi connectivity index (χ1v) is 14.9. The summed E-state index contributed by atoms with van der Waals surface area (Å²) in [6.45, 7) is 5.72. The molecule has 3 aromatic rings. The van der Waals surface area contributed by atoms with Crippen LogP contribution in [0.5, 0.6) is 11.5 Å². The summed E-state index contributed by atoms with van der Waals surface area (Å²) >= 11 is 0. The van der Waals surface area contributed by atoms with E-state index in [1.165, 1.54) is 32.4 Å². The lowest BCUT2D eigenvalue weighted by Gasteiger charge is -2.39. The molecule has 3 atom stereocenters. The normalized spacial score (nSPS) is 19.9. The highest BCUT2D eigenvalue weighted by molar-refractivity contribution is 5.71. The number of hydrogen-bond donors (Lipinski definition) is 0. The van der Waals surface area contributed by atoms with Crippen LogP contribution in [0.4, 0.5) is 4.39 Å². The Kier molecular flexibility index (Phi) is 9.29. The Bertz CT molecular complexity index is 1340. The number of ether oxygens (including phenoxy) is 3. The predicted octanol–water partition coefficient (Wildman–Crippen LogP) is 7.90. The lowest BCUT2D eigenvalue weighted by molar-refractivity contribution is -0.141. The fraction of sp³-hybridized carbons (Fsp3) is 0.457. The first kappa shape index (κ1) is 29.1. The molecule has 1 aliphatic carbocycles. The van der Waals surface area contributed by atoms with Gasteiger partial charge in [-0.25, -0.2) is 4.39 Å². The van der Waals surface area contributed by atoms with E-state index in [2.05, 4.69) is 36.9 Å². The number of methoxy groups -OCH3 is 2. The monoisotopic (exact) mass is 559 g/mol. The van der Waals surface area contributed by atoms with Crippen molar-refractivity contribution in [2.45, 2.75) is 83.5 Å². The number of nitrogens with zero attached hydrogens (tertiary/aromatic N) is 1. The standard InChI is InChI=1S/C35H42FNO4/c1-23-7-5-8-24(2)37(23)21-28-17-25(11-15-31(28)33-19-29(39-3)14-16-34(33)36)22-41-30-10-6-9-27(18-30)32(26-12-13-26)20-35(38)40-4/h6,9-11,14-19,23-24,26,32H,5,7-8,12-13,20-22H2,1-4H3/t23-,24-,32+/m1/s1. The Hall–Kier alpha value is -3.38. The molecule has 3 aromatic carbocycles. The number of piperidine rings is 1. The van der Waals surface area contributed by atoms with Crippen molar-refractivity contribution < 1.29 is 23.4 Å². The third kappa shape index (κ3) is 7.10. The molecule has 0 unspecified atom stereocenters. The largest absolute Gasteiger partial charge is 0.497 e. The molecule has 0 amide bonds. The van der Waals surface area contributed by atoms with E-state index in [0.717, 1.165) is 47.4 Å². The maximum Gasteiger partial charge on any atom is 0.306 e. The molecule has 2 aliphatic rings. The summed E-state index contributed by atoms with van der Waals surface area (Å²) in [5.41, 5.74) is 4.66. The van der Waals surface area contributed by atoms with Gasteiger partial charge in [0.2, 0.25) is 0 Å². The first-order chi connectivity index (χ1) is 19.9. The van der Waals surface area contributed by atoms with Crippen LogP contribution in [0.3, 0.4) is 0 Å². The Morgan fingerprint density at radius 3 is 2.41 bits per heavy atom. The van der Waals surface area contributed by atoms with Crippen molar-refractivity contribution in [3.05, 3.63) is 83.2 Å². The number of hydrogen-bond acceptors (Lipinski definition) is 5. The number of esters is 1. The lowest BCUT2D eigenvalue weighted by Crippen LogP contribution is -2.43. The summed E-state index contributed by atoms with van der Waals surface area (Å²) in [6.07, 6.45) is 6.26. The zero-order valence-electron chi connectivity index (χ0n) is 24.7. The van der Waals surface area contributed by atoms with Crippen LogP contribution in [0.2, 0.25) is 0 Å². The van der Waals surface area contributed by atoms with Gasteiger partial charge in [0.1, 0.15) is 23.9 Å². The van der Waals surface area contributed by atoms with Crippen molar-refractivity contribution in [2.75, 3.05) is 14.2 Å². The second-order valence-electron chi connectivity index (χ2n) is 11.7. The minimum absolute atomic E-state index is 0.156. The topological polar surface area (TPSA) is 48.0 Å². The highest BCUT2D eigenvalue weighted by Crippen LogP contribution is 2.45. The lowest BCUT2D eigenvalue weighted by atomic mass is 9.91. The van der Waals surface area contributed by atoms with Crippen LogP contribution in [-0.4, -0.2) is 37.2 Å². The highest BCUT2D eigenvalue weighted by atomic mass is 19.1. The molecule has 6 heteroatoms. The molecule has 0 spiro atoms. The summed E-state index contributed by atoms with van der Waals surface area (Å²) in [5, 5.41) is 0. The summed E-state index contributed by atoms with van der Waals surface area (Å²) in [4.78, 5) is 14.6. The van der Waals surface area contributed by atoms with E-state index in [0.29, 0.717) is 42.3 Å². The molecule has 1 saturated heterocycles. The van der Waals surface area contributed by atoms with E-state index in [9.17, 15) is 4.79 Å². The second-order valence-corrected chi connectivity index (χ2v) is 11.7. The Morgan fingerprint density at radius 1 is 0.927 bits per heavy atom. The Morgan fingerprint density at radius 2 is 1.71 bits per heavy atom. The number of likely N-dealkylation sites (tertiary alicyclic amines) is 1. The van der Waals surface area contributed by atoms with E-state index in [4.69, 9.17) is 14.2 Å². The van der Waals surface area contributed by atoms with Gasteiger partial charge in [0.15, 0.2) is 0 Å².